The molecular formula is C29H29N3O6. The van der Waals surface area contributed by atoms with Gasteiger partial charge in [0.1, 0.15) is 39.8 Å². The van der Waals surface area contributed by atoms with Crippen LogP contribution in [0.3, 0.4) is 0 Å². The summed E-state index contributed by atoms with van der Waals surface area (Å²) < 4.78 is 5.83. The molecule has 2 aliphatic rings. The van der Waals surface area contributed by atoms with Crippen molar-refractivity contribution in [1.82, 2.24) is 15.3 Å². The number of aromatic hydroxyl groups is 2. The normalized spacial score (nSPS) is 20.7. The number of aromatic nitrogens is 2. The lowest BCUT2D eigenvalue weighted by atomic mass is 9.70. The highest BCUT2D eigenvalue weighted by Crippen LogP contribution is 2.57. The van der Waals surface area contributed by atoms with E-state index in [9.17, 15) is 24.6 Å². The molecule has 196 valence electrons. The van der Waals surface area contributed by atoms with E-state index in [1.54, 1.807) is 13.8 Å². The number of carbonyl (C=O) groups excluding carboxylic acids is 3. The highest BCUT2D eigenvalue weighted by atomic mass is 16.5. The Labute approximate surface area is 219 Å². The highest BCUT2D eigenvalue weighted by molar-refractivity contribution is 6.31. The van der Waals surface area contributed by atoms with Gasteiger partial charge in [0.05, 0.1) is 28.2 Å². The van der Waals surface area contributed by atoms with Crippen LogP contribution in [-0.2, 0) is 15.0 Å². The van der Waals surface area contributed by atoms with Crippen molar-refractivity contribution in [1.29, 1.82) is 0 Å². The topological polar surface area (TPSA) is 142 Å². The summed E-state index contributed by atoms with van der Waals surface area (Å²) in [7, 11) is 0. The van der Waals surface area contributed by atoms with E-state index in [0.717, 1.165) is 11.0 Å². The number of phenols is 2. The Morgan fingerprint density at radius 2 is 1.82 bits per heavy atom. The van der Waals surface area contributed by atoms with Gasteiger partial charge in [-0.05, 0) is 45.7 Å². The zero-order valence-corrected chi connectivity index (χ0v) is 22.0. The Morgan fingerprint density at radius 1 is 1.13 bits per heavy atom. The van der Waals surface area contributed by atoms with Crippen LogP contribution >= 0.6 is 0 Å². The molecule has 1 aliphatic heterocycles. The van der Waals surface area contributed by atoms with Gasteiger partial charge in [0, 0.05) is 17.3 Å². The second-order valence-corrected chi connectivity index (χ2v) is 10.4. The largest absolute Gasteiger partial charge is 0.507 e. The molecule has 0 saturated carbocycles. The third-order valence-electron chi connectivity index (χ3n) is 7.50. The van der Waals surface area contributed by atoms with Gasteiger partial charge >= 0.3 is 0 Å². The second kappa shape index (κ2) is 8.58. The molecule has 0 amide bonds. The fraction of sp³-hybridized carbons (Fsp3) is 0.310. The van der Waals surface area contributed by atoms with Crippen LogP contribution in [0, 0.1) is 12.8 Å². The summed E-state index contributed by atoms with van der Waals surface area (Å²) in [5.74, 6) is -1.81. The van der Waals surface area contributed by atoms with Crippen molar-refractivity contribution >= 4 is 28.4 Å². The zero-order chi connectivity index (χ0) is 27.7. The minimum absolute atomic E-state index is 0.000422. The predicted octanol–water partition coefficient (Wildman–Crippen LogP) is 4.43. The molecule has 9 heteroatoms. The van der Waals surface area contributed by atoms with Gasteiger partial charge in [-0.25, -0.2) is 4.98 Å². The molecule has 1 aliphatic carbocycles. The van der Waals surface area contributed by atoms with Gasteiger partial charge in [-0.15, -0.1) is 0 Å². The van der Waals surface area contributed by atoms with E-state index in [0.29, 0.717) is 11.5 Å². The number of para-hydroxylation sites is 2. The number of imidazole rings is 1. The van der Waals surface area contributed by atoms with Crippen molar-refractivity contribution in [3.05, 3.63) is 69.9 Å². The number of rotatable bonds is 5. The predicted molar refractivity (Wildman–Crippen MR) is 140 cm³/mol. The van der Waals surface area contributed by atoms with Crippen LogP contribution in [0.4, 0.5) is 0 Å². The van der Waals surface area contributed by atoms with E-state index < -0.39 is 28.5 Å². The molecule has 0 bridgehead atoms. The van der Waals surface area contributed by atoms with Crippen molar-refractivity contribution in [2.24, 2.45) is 5.92 Å². The Morgan fingerprint density at radius 3 is 2.45 bits per heavy atom. The number of phenolic OH excluding ortho intramolecular Hbond substituents is 2. The summed E-state index contributed by atoms with van der Waals surface area (Å²) >= 11 is 0. The molecule has 9 nitrogen and oxygen atoms in total. The Kier molecular flexibility index (Phi) is 5.70. The number of hydrogen-bond acceptors (Lipinski definition) is 8. The minimum atomic E-state index is -1.57. The minimum Gasteiger partial charge on any atom is -0.507 e. The maximum atomic E-state index is 14.1. The number of nitrogens with one attached hydrogen (secondary N) is 2. The lowest BCUT2D eigenvalue weighted by molar-refractivity contribution is -0.123. The highest BCUT2D eigenvalue weighted by Gasteiger charge is 2.56. The first-order valence-corrected chi connectivity index (χ1v) is 12.4. The van der Waals surface area contributed by atoms with Crippen LogP contribution in [0.2, 0.25) is 0 Å². The van der Waals surface area contributed by atoms with Gasteiger partial charge in [-0.1, -0.05) is 26.0 Å². The number of Topliss-reactive ketones (excluding diaryl/α,β-unsaturated/α-hetero) is 2. The molecule has 0 saturated heterocycles. The monoisotopic (exact) mass is 515 g/mol. The molecule has 38 heavy (non-hydrogen) atoms. The Balaban J connectivity index is 1.63. The van der Waals surface area contributed by atoms with Crippen molar-refractivity contribution in [2.75, 3.05) is 0 Å². The molecule has 0 unspecified atom stereocenters. The molecule has 0 radical (unpaired) electrons. The van der Waals surface area contributed by atoms with Crippen LogP contribution in [0.5, 0.6) is 17.2 Å². The number of benzene rings is 2. The van der Waals surface area contributed by atoms with Gasteiger partial charge in [0.25, 0.3) is 0 Å². The first-order valence-electron chi connectivity index (χ1n) is 12.4. The third-order valence-corrected chi connectivity index (χ3v) is 7.50. The summed E-state index contributed by atoms with van der Waals surface area (Å²) in [5, 5.41) is 24.9. The van der Waals surface area contributed by atoms with Gasteiger partial charge in [0.15, 0.2) is 17.3 Å². The first kappa shape index (κ1) is 25.3. The van der Waals surface area contributed by atoms with Crippen LogP contribution in [-0.4, -0.2) is 37.5 Å². The first-order chi connectivity index (χ1) is 17.9. The van der Waals surface area contributed by atoms with E-state index in [2.05, 4.69) is 10.3 Å². The van der Waals surface area contributed by atoms with Crippen LogP contribution in [0.15, 0.2) is 47.4 Å². The molecule has 4 N–H and O–H groups in total. The molecule has 0 fully saturated rings. The maximum Gasteiger partial charge on any atom is 0.194 e. The summed E-state index contributed by atoms with van der Waals surface area (Å²) in [6.07, 6.45) is 1.21. The number of ether oxygens (including phenoxy) is 1. The SMILES string of the molecule is CC(=O)c1c(O)c(C)c(O)c2c1OC1=CC(=O)/C(=C(/C)N[C@H](c3nc4ccccc4[nH]3)C(C)C)C(=O)[C@@]12C. The average molecular weight is 516 g/mol. The van der Waals surface area contributed by atoms with Crippen LogP contribution < -0.4 is 10.1 Å². The van der Waals surface area contributed by atoms with Crippen LogP contribution in [0.1, 0.15) is 68.0 Å². The quantitative estimate of drug-likeness (QED) is 0.222. The molecule has 2 heterocycles. The van der Waals surface area contributed by atoms with Gasteiger partial charge < -0.3 is 25.3 Å². The lowest BCUT2D eigenvalue weighted by Gasteiger charge is -2.30. The third kappa shape index (κ3) is 3.45. The van der Waals surface area contributed by atoms with Crippen molar-refractivity contribution in [3.8, 4) is 17.2 Å². The smallest absolute Gasteiger partial charge is 0.194 e. The molecule has 0 spiro atoms. The zero-order valence-electron chi connectivity index (χ0n) is 22.0. The second-order valence-electron chi connectivity index (χ2n) is 10.4. The Bertz CT molecular complexity index is 1590. The number of fused-ring (bicyclic) bond motifs is 4. The number of nitrogens with zero attached hydrogens (tertiary/aromatic N) is 1. The number of H-pyrrole nitrogens is 1. The summed E-state index contributed by atoms with van der Waals surface area (Å²) in [6, 6.07) is 7.30. The summed E-state index contributed by atoms with van der Waals surface area (Å²) in [6.45, 7) is 9.92. The van der Waals surface area contributed by atoms with Crippen LogP contribution in [0.25, 0.3) is 11.0 Å². The van der Waals surface area contributed by atoms with Crippen molar-refractivity contribution in [2.45, 2.75) is 53.0 Å². The number of ketones is 3. The van der Waals surface area contributed by atoms with E-state index in [4.69, 9.17) is 9.72 Å². The number of hydrogen-bond donors (Lipinski definition) is 4. The number of aromatic amines is 1. The number of allylic oxidation sites excluding steroid dienone is 4. The van der Waals surface area contributed by atoms with E-state index in [1.807, 2.05) is 38.1 Å². The average Bonchev–Trinajstić information content (AvgIpc) is 3.40. The van der Waals surface area contributed by atoms with Gasteiger partial charge in [-0.2, -0.15) is 0 Å². The van der Waals surface area contributed by atoms with Crippen molar-refractivity contribution < 1.29 is 29.3 Å². The molecule has 2 aromatic carbocycles. The molecule has 2 atom stereocenters. The molecular weight excluding hydrogens is 486 g/mol. The van der Waals surface area contributed by atoms with Crippen molar-refractivity contribution in [3.63, 3.8) is 0 Å². The summed E-state index contributed by atoms with van der Waals surface area (Å²) in [5.41, 5.74) is 0.355. The molecule has 1 aromatic heterocycles. The molecule has 5 rings (SSSR count). The van der Waals surface area contributed by atoms with E-state index in [-0.39, 0.29) is 51.5 Å². The fourth-order valence-electron chi connectivity index (χ4n) is 5.34. The van der Waals surface area contributed by atoms with E-state index >= 15 is 0 Å². The molecule has 3 aromatic rings. The van der Waals surface area contributed by atoms with E-state index in [1.165, 1.54) is 19.9 Å². The lowest BCUT2D eigenvalue weighted by Crippen LogP contribution is -2.41. The summed E-state index contributed by atoms with van der Waals surface area (Å²) in [4.78, 5) is 47.7. The maximum absolute atomic E-state index is 14.1. The van der Waals surface area contributed by atoms with Gasteiger partial charge in [-0.3, -0.25) is 14.4 Å². The standard InChI is InChI=1S/C29H29N3O6/c1-12(2)23(28-31-16-9-7-8-10-17(16)32-28)30-14(4)20-18(34)11-19-29(6,27(20)37)22-25(36)13(3)24(35)21(15(5)33)26(22)38-19/h7-12,23,30,35-36H,1-6H3,(H,31,32)/b20-14+/t23-,29-/m0/s1. The van der Waals surface area contributed by atoms with Gasteiger partial charge in [0.2, 0.25) is 0 Å². The Hall–Kier alpha value is -4.40. The number of carbonyl (C=O) groups is 3. The fourth-order valence-corrected chi connectivity index (χ4v) is 5.34.